The Morgan fingerprint density at radius 2 is 0.576 bits per heavy atom. The molecule has 0 saturated carbocycles. The van der Waals surface area contributed by atoms with E-state index >= 15 is 0 Å². The third-order valence-corrected chi connectivity index (χ3v) is 3.83. The highest BCUT2D eigenvalue weighted by Gasteiger charge is 2.15. The van der Waals surface area contributed by atoms with Gasteiger partial charge in [0.1, 0.15) is 51.7 Å². The van der Waals surface area contributed by atoms with E-state index in [0.717, 1.165) is 18.2 Å². The zero-order chi connectivity index (χ0) is 23.5. The van der Waals surface area contributed by atoms with Gasteiger partial charge in [-0.2, -0.15) is 0 Å². The van der Waals surface area contributed by atoms with Gasteiger partial charge in [0.05, 0.1) is 0 Å². The third-order valence-electron chi connectivity index (χ3n) is 3.83. The van der Waals surface area contributed by atoms with Crippen LogP contribution in [-0.4, -0.2) is 45.6 Å². The summed E-state index contributed by atoms with van der Waals surface area (Å²) in [7, 11) is 0. The van der Waals surface area contributed by atoms with Crippen LogP contribution < -0.4 is 14.2 Å². The minimum atomic E-state index is -0.381. The lowest BCUT2D eigenvalue weighted by Gasteiger charge is -2.10. The molecule has 0 radical (unpaired) electrons. The Hall–Kier alpha value is -5.13. The molecular weight excluding hydrogens is 438 g/mol. The van der Waals surface area contributed by atoms with Gasteiger partial charge in [-0.05, 0) is 0 Å². The van der Waals surface area contributed by atoms with Crippen LogP contribution in [0.5, 0.6) is 69.8 Å². The molecule has 0 bridgehead atoms. The van der Waals surface area contributed by atoms with Crippen molar-refractivity contribution in [3.8, 4) is 69.8 Å². The predicted molar refractivity (Wildman–Crippen MR) is 109 cm³/mol. The standard InChI is InChI=1S/C21H15N3O9/c25-10-1-11(26)5-16(4-10)31-19-22-20(32-17-6-12(27)2-13(28)7-17)24-21(23-19)33-18-8-14(29)3-15(30)9-18/h1-9,25-30H. The summed E-state index contributed by atoms with van der Waals surface area (Å²) in [6.07, 6.45) is 0. The second-order valence-corrected chi connectivity index (χ2v) is 6.54. The highest BCUT2D eigenvalue weighted by Crippen LogP contribution is 2.33. The van der Waals surface area contributed by atoms with E-state index in [1.165, 1.54) is 36.4 Å². The number of phenols is 6. The van der Waals surface area contributed by atoms with Crippen molar-refractivity contribution in [1.82, 2.24) is 15.0 Å². The SMILES string of the molecule is Oc1cc(O)cc(Oc2nc(Oc3cc(O)cc(O)c3)nc(Oc3cc(O)cc(O)c3)n2)c1. The van der Waals surface area contributed by atoms with Gasteiger partial charge in [-0.25, -0.2) is 0 Å². The lowest BCUT2D eigenvalue weighted by Crippen LogP contribution is -2.01. The number of hydrogen-bond donors (Lipinski definition) is 6. The molecule has 4 aromatic rings. The van der Waals surface area contributed by atoms with Crippen LogP contribution in [0.1, 0.15) is 0 Å². The maximum absolute atomic E-state index is 9.64. The van der Waals surface area contributed by atoms with Gasteiger partial charge in [-0.3, -0.25) is 0 Å². The number of phenolic OH excluding ortho intramolecular Hbond substituents is 6. The van der Waals surface area contributed by atoms with Gasteiger partial charge in [0.25, 0.3) is 0 Å². The summed E-state index contributed by atoms with van der Waals surface area (Å²) < 4.78 is 16.4. The van der Waals surface area contributed by atoms with Gasteiger partial charge < -0.3 is 44.8 Å². The van der Waals surface area contributed by atoms with Crippen molar-refractivity contribution in [2.24, 2.45) is 0 Å². The molecule has 1 aromatic heterocycles. The lowest BCUT2D eigenvalue weighted by molar-refractivity contribution is 0.356. The van der Waals surface area contributed by atoms with Crippen molar-refractivity contribution in [3.05, 3.63) is 54.6 Å². The van der Waals surface area contributed by atoms with Gasteiger partial charge in [0.15, 0.2) is 0 Å². The average Bonchev–Trinajstić information content (AvgIpc) is 2.65. The highest BCUT2D eigenvalue weighted by atomic mass is 16.5. The van der Waals surface area contributed by atoms with Gasteiger partial charge in [0.2, 0.25) is 0 Å². The van der Waals surface area contributed by atoms with Crippen LogP contribution in [0, 0.1) is 0 Å². The van der Waals surface area contributed by atoms with E-state index in [9.17, 15) is 30.6 Å². The van der Waals surface area contributed by atoms with E-state index in [1.54, 1.807) is 0 Å². The molecule has 33 heavy (non-hydrogen) atoms. The van der Waals surface area contributed by atoms with E-state index in [1.807, 2.05) is 0 Å². The maximum Gasteiger partial charge on any atom is 0.331 e. The predicted octanol–water partition coefficient (Wildman–Crippen LogP) is 3.48. The fourth-order valence-electron chi connectivity index (χ4n) is 2.65. The Bertz CT molecular complexity index is 1100. The molecule has 4 rings (SSSR count). The number of rotatable bonds is 6. The Morgan fingerprint density at radius 3 is 0.788 bits per heavy atom. The number of ether oxygens (including phenoxy) is 3. The first-order chi connectivity index (χ1) is 15.7. The van der Waals surface area contributed by atoms with E-state index in [-0.39, 0.29) is 69.8 Å². The summed E-state index contributed by atoms with van der Waals surface area (Å²) >= 11 is 0. The lowest BCUT2D eigenvalue weighted by atomic mass is 10.3. The quantitative estimate of drug-likeness (QED) is 0.250. The first-order valence-corrected chi connectivity index (χ1v) is 9.10. The summed E-state index contributed by atoms with van der Waals surface area (Å²) in [6.45, 7) is 0. The Labute approximate surface area is 184 Å². The van der Waals surface area contributed by atoms with Crippen molar-refractivity contribution in [3.63, 3.8) is 0 Å². The number of aromatic hydroxyl groups is 6. The van der Waals surface area contributed by atoms with E-state index in [0.29, 0.717) is 0 Å². The molecule has 0 atom stereocenters. The first-order valence-electron chi connectivity index (χ1n) is 9.10. The zero-order valence-electron chi connectivity index (χ0n) is 16.4. The van der Waals surface area contributed by atoms with Crippen LogP contribution in [0.25, 0.3) is 0 Å². The second-order valence-electron chi connectivity index (χ2n) is 6.54. The molecule has 0 aliphatic rings. The van der Waals surface area contributed by atoms with Crippen LogP contribution in [-0.2, 0) is 0 Å². The smallest absolute Gasteiger partial charge is 0.331 e. The largest absolute Gasteiger partial charge is 0.508 e. The third kappa shape index (κ3) is 5.52. The normalized spacial score (nSPS) is 10.5. The van der Waals surface area contributed by atoms with Crippen LogP contribution >= 0.6 is 0 Å². The Morgan fingerprint density at radius 1 is 0.364 bits per heavy atom. The molecule has 0 spiro atoms. The topological polar surface area (TPSA) is 188 Å². The van der Waals surface area contributed by atoms with E-state index in [2.05, 4.69) is 15.0 Å². The second kappa shape index (κ2) is 8.55. The average molecular weight is 453 g/mol. The fraction of sp³-hybridized carbons (Fsp3) is 0. The molecule has 0 fully saturated rings. The van der Waals surface area contributed by atoms with Crippen LogP contribution in [0.2, 0.25) is 0 Å². The number of hydrogen-bond acceptors (Lipinski definition) is 12. The zero-order valence-corrected chi connectivity index (χ0v) is 16.4. The molecule has 12 nitrogen and oxygen atoms in total. The molecule has 12 heteroatoms. The van der Waals surface area contributed by atoms with Crippen molar-refractivity contribution in [2.75, 3.05) is 0 Å². The molecule has 0 unspecified atom stereocenters. The van der Waals surface area contributed by atoms with Gasteiger partial charge in [-0.1, -0.05) is 0 Å². The molecule has 1 heterocycles. The number of benzene rings is 3. The molecule has 0 saturated heterocycles. The summed E-state index contributed by atoms with van der Waals surface area (Å²) in [5, 5.41) is 57.8. The van der Waals surface area contributed by atoms with Gasteiger partial charge in [-0.15, -0.1) is 15.0 Å². The van der Waals surface area contributed by atoms with Crippen molar-refractivity contribution < 1.29 is 44.8 Å². The molecule has 3 aromatic carbocycles. The Kier molecular flexibility index (Phi) is 5.47. The van der Waals surface area contributed by atoms with E-state index in [4.69, 9.17) is 14.2 Å². The van der Waals surface area contributed by atoms with E-state index < -0.39 is 0 Å². The van der Waals surface area contributed by atoms with Gasteiger partial charge >= 0.3 is 18.0 Å². The van der Waals surface area contributed by atoms with Crippen LogP contribution in [0.4, 0.5) is 0 Å². The minimum Gasteiger partial charge on any atom is -0.508 e. The molecule has 0 aliphatic heterocycles. The molecular formula is C21H15N3O9. The Balaban J connectivity index is 1.71. The number of aromatic nitrogens is 3. The minimum absolute atomic E-state index is 0.0272. The molecule has 6 N–H and O–H groups in total. The molecule has 168 valence electrons. The monoisotopic (exact) mass is 453 g/mol. The van der Waals surface area contributed by atoms with Gasteiger partial charge in [0, 0.05) is 54.6 Å². The first kappa shape index (κ1) is 21.1. The summed E-state index contributed by atoms with van der Waals surface area (Å²) in [4.78, 5) is 11.8. The summed E-state index contributed by atoms with van der Waals surface area (Å²) in [5.74, 6) is -1.76. The summed E-state index contributed by atoms with van der Waals surface area (Å²) in [6, 6.07) is 9.24. The maximum atomic E-state index is 9.64. The van der Waals surface area contributed by atoms with Crippen LogP contribution in [0.3, 0.4) is 0 Å². The molecule has 0 amide bonds. The van der Waals surface area contributed by atoms with Crippen molar-refractivity contribution >= 4 is 0 Å². The highest BCUT2D eigenvalue weighted by molar-refractivity contribution is 5.44. The summed E-state index contributed by atoms with van der Waals surface area (Å²) in [5.41, 5.74) is 0. The van der Waals surface area contributed by atoms with Crippen LogP contribution in [0.15, 0.2) is 54.6 Å². The van der Waals surface area contributed by atoms with Crippen molar-refractivity contribution in [1.29, 1.82) is 0 Å². The number of nitrogens with zero attached hydrogens (tertiary/aromatic N) is 3. The molecule has 0 aliphatic carbocycles. The fourth-order valence-corrected chi connectivity index (χ4v) is 2.65. The van der Waals surface area contributed by atoms with Crippen molar-refractivity contribution in [2.45, 2.75) is 0 Å².